The van der Waals surface area contributed by atoms with E-state index in [0.29, 0.717) is 0 Å². The topological polar surface area (TPSA) is 0 Å². The van der Waals surface area contributed by atoms with Gasteiger partial charge in [0.15, 0.2) is 0 Å². The van der Waals surface area contributed by atoms with Crippen LogP contribution >= 0.6 is 0 Å². The van der Waals surface area contributed by atoms with E-state index in [1.54, 1.807) is 6.08 Å². The smallest absolute Gasteiger partial charge is 0.0404 e. The van der Waals surface area contributed by atoms with E-state index in [1.165, 1.54) is 5.57 Å². The lowest BCUT2D eigenvalue weighted by atomic mass is 10.4. The first-order valence-electron chi connectivity index (χ1n) is 2.90. The monoisotopic (exact) mass is 140 g/mol. The van der Waals surface area contributed by atoms with Crippen LogP contribution in [0.2, 0.25) is 0 Å². The van der Waals surface area contributed by atoms with Crippen LogP contribution in [0, 0.1) is 0 Å². The quantitative estimate of drug-likeness (QED) is 0.382. The Morgan fingerprint density at radius 2 is 1.20 bits per heavy atom. The lowest BCUT2D eigenvalue weighted by Crippen LogP contribution is -1.50. The van der Waals surface area contributed by atoms with Gasteiger partial charge in [-0.15, -0.1) is 6.58 Å². The molecule has 0 nitrogen and oxygen atoms in total. The summed E-state index contributed by atoms with van der Waals surface area (Å²) in [4.78, 5) is 0. The van der Waals surface area contributed by atoms with Crippen molar-refractivity contribution in [2.75, 3.05) is 0 Å². The van der Waals surface area contributed by atoms with Gasteiger partial charge < -0.3 is 0 Å². The van der Waals surface area contributed by atoms with Crippen molar-refractivity contribution >= 4 is 0 Å². The zero-order chi connectivity index (χ0) is 7.86. The minimum atomic E-state index is 0. The van der Waals surface area contributed by atoms with Gasteiger partial charge in [-0.25, -0.2) is 0 Å². The third-order valence-electron chi connectivity index (χ3n) is 0.348. The van der Waals surface area contributed by atoms with E-state index in [0.717, 1.165) is 5.57 Å². The Morgan fingerprint density at radius 1 is 1.10 bits per heavy atom. The molecular weight excluding hydrogens is 120 g/mol. The summed E-state index contributed by atoms with van der Waals surface area (Å²) in [6.45, 7) is 16.4. The number of hydrogen-bond donors (Lipinski definition) is 0. The lowest BCUT2D eigenvalue weighted by molar-refractivity contribution is 1.42. The molecule has 0 amide bonds. The van der Waals surface area contributed by atoms with Gasteiger partial charge >= 0.3 is 0 Å². The summed E-state index contributed by atoms with van der Waals surface area (Å²) in [6, 6.07) is 0. The van der Waals surface area contributed by atoms with Crippen molar-refractivity contribution in [2.45, 2.75) is 28.2 Å². The normalized spacial score (nSPS) is 5.90. The van der Waals surface area contributed by atoms with Gasteiger partial charge in [-0.3, -0.25) is 0 Å². The van der Waals surface area contributed by atoms with Crippen LogP contribution in [0.25, 0.3) is 0 Å². The molecule has 0 aliphatic carbocycles. The molecular formula is C10H20. The second kappa shape index (κ2) is 11.1. The van der Waals surface area contributed by atoms with E-state index < -0.39 is 0 Å². The predicted molar refractivity (Wildman–Crippen MR) is 52.2 cm³/mol. The largest absolute Gasteiger partial charge is 0.100 e. The molecule has 60 valence electrons. The molecule has 0 aliphatic rings. The van der Waals surface area contributed by atoms with E-state index in [-0.39, 0.29) is 7.43 Å². The highest BCUT2D eigenvalue weighted by Crippen LogP contribution is 1.81. The molecule has 0 fully saturated rings. The van der Waals surface area contributed by atoms with Crippen LogP contribution < -0.4 is 0 Å². The third-order valence-corrected chi connectivity index (χ3v) is 0.348. The van der Waals surface area contributed by atoms with Crippen molar-refractivity contribution in [3.63, 3.8) is 0 Å². The van der Waals surface area contributed by atoms with Gasteiger partial charge in [-0.05, 0) is 20.8 Å². The maximum atomic E-state index is 3.56. The van der Waals surface area contributed by atoms with E-state index in [9.17, 15) is 0 Å². The van der Waals surface area contributed by atoms with Crippen LogP contribution in [0.5, 0.6) is 0 Å². The molecule has 0 atom stereocenters. The fraction of sp³-hybridized carbons (Fsp3) is 0.400. The van der Waals surface area contributed by atoms with Gasteiger partial charge in [-0.1, -0.05) is 37.8 Å². The van der Waals surface area contributed by atoms with Crippen LogP contribution in [0.1, 0.15) is 28.2 Å². The Balaban J connectivity index is -0.0000000910. The molecule has 0 aromatic carbocycles. The molecule has 0 saturated heterocycles. The van der Waals surface area contributed by atoms with Crippen LogP contribution in [-0.2, 0) is 0 Å². The summed E-state index contributed by atoms with van der Waals surface area (Å²) in [6.07, 6.45) is 1.72. The van der Waals surface area contributed by atoms with Gasteiger partial charge in [0.1, 0.15) is 0 Å². The standard InChI is InChI=1S/C5H8.C4H8.CH4/c1-4-5(2)3;1-4(2)3;/h4H,1-2H2,3H3;1H2,2-3H3;1H4. The minimum Gasteiger partial charge on any atom is -0.100 e. The molecule has 0 unspecified atom stereocenters. The number of rotatable bonds is 1. The first-order chi connectivity index (χ1) is 4.00. The Labute approximate surface area is 66.0 Å². The van der Waals surface area contributed by atoms with E-state index in [2.05, 4.69) is 19.7 Å². The summed E-state index contributed by atoms with van der Waals surface area (Å²) in [5.41, 5.74) is 2.19. The fourth-order valence-corrected chi connectivity index (χ4v) is 0. The molecule has 0 spiro atoms. The molecule has 0 N–H and O–H groups in total. The van der Waals surface area contributed by atoms with Gasteiger partial charge in [-0.2, -0.15) is 0 Å². The van der Waals surface area contributed by atoms with Gasteiger partial charge in [0.05, 0.1) is 0 Å². The Morgan fingerprint density at radius 3 is 1.20 bits per heavy atom. The molecule has 0 saturated carbocycles. The Bertz CT molecular complexity index is 103. The zero-order valence-electron chi connectivity index (χ0n) is 6.70. The van der Waals surface area contributed by atoms with Gasteiger partial charge in [0, 0.05) is 0 Å². The average molecular weight is 140 g/mol. The van der Waals surface area contributed by atoms with Crippen molar-refractivity contribution < 1.29 is 0 Å². The molecule has 0 rings (SSSR count). The molecule has 0 aliphatic heterocycles. The van der Waals surface area contributed by atoms with E-state index in [4.69, 9.17) is 0 Å². The molecule has 0 heteroatoms. The zero-order valence-corrected chi connectivity index (χ0v) is 6.70. The second-order valence-corrected chi connectivity index (χ2v) is 2.26. The summed E-state index contributed by atoms with van der Waals surface area (Å²) >= 11 is 0. The van der Waals surface area contributed by atoms with Crippen molar-refractivity contribution in [3.05, 3.63) is 37.0 Å². The Hall–Kier alpha value is -0.780. The van der Waals surface area contributed by atoms with Crippen molar-refractivity contribution in [1.29, 1.82) is 0 Å². The molecule has 0 radical (unpaired) electrons. The first-order valence-corrected chi connectivity index (χ1v) is 2.90. The van der Waals surface area contributed by atoms with Crippen molar-refractivity contribution in [1.82, 2.24) is 0 Å². The second-order valence-electron chi connectivity index (χ2n) is 2.26. The van der Waals surface area contributed by atoms with Crippen LogP contribution in [0.3, 0.4) is 0 Å². The summed E-state index contributed by atoms with van der Waals surface area (Å²) in [5, 5.41) is 0. The molecule has 0 aromatic rings. The van der Waals surface area contributed by atoms with Gasteiger partial charge in [0.2, 0.25) is 0 Å². The van der Waals surface area contributed by atoms with Crippen molar-refractivity contribution in [3.8, 4) is 0 Å². The summed E-state index contributed by atoms with van der Waals surface area (Å²) in [5.74, 6) is 0. The highest BCUT2D eigenvalue weighted by atomic mass is 13.7. The molecule has 0 bridgehead atoms. The molecule has 0 aromatic heterocycles. The van der Waals surface area contributed by atoms with Crippen LogP contribution in [0.15, 0.2) is 37.0 Å². The molecule has 0 heterocycles. The van der Waals surface area contributed by atoms with Gasteiger partial charge in [0.25, 0.3) is 0 Å². The lowest BCUT2D eigenvalue weighted by Gasteiger charge is -1.71. The Kier molecular flexibility index (Phi) is 17.8. The maximum Gasteiger partial charge on any atom is -0.0404 e. The summed E-state index contributed by atoms with van der Waals surface area (Å²) < 4.78 is 0. The number of allylic oxidation sites excluding steroid dienone is 3. The van der Waals surface area contributed by atoms with Crippen molar-refractivity contribution in [2.24, 2.45) is 0 Å². The molecule has 10 heavy (non-hydrogen) atoms. The highest BCUT2D eigenvalue weighted by Gasteiger charge is 1.59. The van der Waals surface area contributed by atoms with E-state index in [1.807, 2.05) is 20.8 Å². The van der Waals surface area contributed by atoms with Crippen LogP contribution in [-0.4, -0.2) is 0 Å². The third kappa shape index (κ3) is 188. The maximum absolute atomic E-state index is 3.56. The average Bonchev–Trinajstić information content (AvgIpc) is 1.65. The predicted octanol–water partition coefficient (Wildman–Crippen LogP) is 3.97. The number of hydrogen-bond acceptors (Lipinski definition) is 0. The SMILES string of the molecule is C.C=C(C)C.C=CC(=C)C. The highest BCUT2D eigenvalue weighted by molar-refractivity contribution is 5.05. The fourth-order valence-electron chi connectivity index (χ4n) is 0. The van der Waals surface area contributed by atoms with E-state index >= 15 is 0 Å². The van der Waals surface area contributed by atoms with Crippen LogP contribution in [0.4, 0.5) is 0 Å². The minimum absolute atomic E-state index is 0. The first kappa shape index (κ1) is 16.1. The summed E-state index contributed by atoms with van der Waals surface area (Å²) in [7, 11) is 0.